The van der Waals surface area contributed by atoms with Crippen LogP contribution in [0.3, 0.4) is 0 Å². The Kier molecular flexibility index (Phi) is 5.68. The van der Waals surface area contributed by atoms with Crippen LogP contribution in [0.5, 0.6) is 0 Å². The van der Waals surface area contributed by atoms with Gasteiger partial charge in [0.15, 0.2) is 0 Å². The second kappa shape index (κ2) is 8.14. The molecule has 1 aromatic heterocycles. The fourth-order valence-electron chi connectivity index (χ4n) is 3.31. The average Bonchev–Trinajstić information content (AvgIpc) is 3.09. The molecular weight excluding hydrogens is 330 g/mol. The van der Waals surface area contributed by atoms with Gasteiger partial charge in [0.1, 0.15) is 6.04 Å². The van der Waals surface area contributed by atoms with Gasteiger partial charge in [-0.3, -0.25) is 14.3 Å². The van der Waals surface area contributed by atoms with Gasteiger partial charge in [-0.25, -0.2) is 0 Å². The Morgan fingerprint density at radius 1 is 1.19 bits per heavy atom. The molecule has 2 aromatic rings. The van der Waals surface area contributed by atoms with E-state index in [0.29, 0.717) is 18.7 Å². The summed E-state index contributed by atoms with van der Waals surface area (Å²) in [5.41, 5.74) is 1.53. The van der Waals surface area contributed by atoms with Gasteiger partial charge in [-0.1, -0.05) is 18.2 Å². The number of aryl methyl sites for hydroxylation is 1. The van der Waals surface area contributed by atoms with Crippen molar-refractivity contribution in [1.82, 2.24) is 25.3 Å². The fraction of sp³-hybridized carbons (Fsp3) is 0.421. The summed E-state index contributed by atoms with van der Waals surface area (Å²) in [6.07, 6.45) is 5.08. The van der Waals surface area contributed by atoms with Crippen molar-refractivity contribution in [3.8, 4) is 0 Å². The van der Waals surface area contributed by atoms with E-state index >= 15 is 0 Å². The minimum atomic E-state index is -0.390. The Labute approximate surface area is 153 Å². The minimum absolute atomic E-state index is 0.0494. The summed E-state index contributed by atoms with van der Waals surface area (Å²) in [5.74, 6) is -0.00725. The van der Waals surface area contributed by atoms with Gasteiger partial charge in [-0.2, -0.15) is 5.10 Å². The van der Waals surface area contributed by atoms with Crippen molar-refractivity contribution in [1.29, 1.82) is 0 Å². The van der Waals surface area contributed by atoms with Gasteiger partial charge in [0.2, 0.25) is 5.91 Å². The molecule has 0 radical (unpaired) electrons. The topological polar surface area (TPSA) is 79.3 Å². The minimum Gasteiger partial charge on any atom is -0.349 e. The summed E-state index contributed by atoms with van der Waals surface area (Å²) in [4.78, 5) is 26.9. The molecule has 1 atom stereocenters. The van der Waals surface area contributed by atoms with Crippen molar-refractivity contribution in [2.24, 2.45) is 7.05 Å². The van der Waals surface area contributed by atoms with E-state index in [1.54, 1.807) is 30.1 Å². The zero-order chi connectivity index (χ0) is 18.5. The maximum Gasteiger partial charge on any atom is 0.251 e. The Hall–Kier alpha value is -2.67. The van der Waals surface area contributed by atoms with E-state index < -0.39 is 0 Å². The highest BCUT2D eigenvalue weighted by Crippen LogP contribution is 2.19. The SMILES string of the molecule is CNC(C(=O)N1CCC(NC(=O)c2ccccc2)CC1)c1cnn(C)c1. The Balaban J connectivity index is 1.54. The molecular formula is C19H25N5O2. The third kappa shape index (κ3) is 4.11. The number of carbonyl (C=O) groups is 2. The molecule has 1 aliphatic rings. The molecule has 2 N–H and O–H groups in total. The molecule has 26 heavy (non-hydrogen) atoms. The number of nitrogens with one attached hydrogen (secondary N) is 2. The van der Waals surface area contributed by atoms with Crippen LogP contribution >= 0.6 is 0 Å². The van der Waals surface area contributed by atoms with Crippen molar-refractivity contribution in [2.75, 3.05) is 20.1 Å². The predicted molar refractivity (Wildman–Crippen MR) is 98.5 cm³/mol. The van der Waals surface area contributed by atoms with Gasteiger partial charge in [0, 0.05) is 43.5 Å². The lowest BCUT2D eigenvalue weighted by molar-refractivity contribution is -0.134. The summed E-state index contributed by atoms with van der Waals surface area (Å²) in [6, 6.07) is 8.91. The summed E-state index contributed by atoms with van der Waals surface area (Å²) in [5, 5.41) is 10.3. The molecule has 0 spiro atoms. The van der Waals surface area contributed by atoms with Crippen LogP contribution < -0.4 is 10.6 Å². The average molecular weight is 355 g/mol. The molecule has 2 heterocycles. The number of nitrogens with zero attached hydrogens (tertiary/aromatic N) is 3. The number of benzene rings is 1. The summed E-state index contributed by atoms with van der Waals surface area (Å²) >= 11 is 0. The zero-order valence-electron chi connectivity index (χ0n) is 15.2. The van der Waals surface area contributed by atoms with E-state index in [1.807, 2.05) is 36.3 Å². The number of aromatic nitrogens is 2. The van der Waals surface area contributed by atoms with E-state index in [4.69, 9.17) is 0 Å². The highest BCUT2D eigenvalue weighted by molar-refractivity contribution is 5.94. The second-order valence-electron chi connectivity index (χ2n) is 6.61. The van der Waals surface area contributed by atoms with Crippen LogP contribution in [0, 0.1) is 0 Å². The first-order valence-corrected chi connectivity index (χ1v) is 8.89. The predicted octanol–water partition coefficient (Wildman–Crippen LogP) is 1.10. The number of likely N-dealkylation sites (tertiary alicyclic amines) is 1. The molecule has 0 saturated carbocycles. The molecule has 1 aromatic carbocycles. The quantitative estimate of drug-likeness (QED) is 0.842. The molecule has 0 bridgehead atoms. The standard InChI is InChI=1S/C19H25N5O2/c1-20-17(15-12-21-23(2)13-15)19(26)24-10-8-16(9-11-24)22-18(25)14-6-4-3-5-7-14/h3-7,12-13,16-17,20H,8-11H2,1-2H3,(H,22,25). The molecule has 2 amide bonds. The monoisotopic (exact) mass is 355 g/mol. The number of rotatable bonds is 5. The van der Waals surface area contributed by atoms with Crippen LogP contribution in [0.25, 0.3) is 0 Å². The molecule has 138 valence electrons. The summed E-state index contributed by atoms with van der Waals surface area (Å²) < 4.78 is 1.69. The number of carbonyl (C=O) groups excluding carboxylic acids is 2. The van der Waals surface area contributed by atoms with Crippen molar-refractivity contribution < 1.29 is 9.59 Å². The molecule has 0 aliphatic carbocycles. The van der Waals surface area contributed by atoms with Crippen molar-refractivity contribution >= 4 is 11.8 Å². The number of hydrogen-bond acceptors (Lipinski definition) is 4. The van der Waals surface area contributed by atoms with Gasteiger partial charge in [0.25, 0.3) is 5.91 Å². The smallest absolute Gasteiger partial charge is 0.251 e. The molecule has 7 heteroatoms. The lowest BCUT2D eigenvalue weighted by atomic mass is 10.0. The normalized spacial score (nSPS) is 16.3. The Morgan fingerprint density at radius 2 is 1.88 bits per heavy atom. The molecule has 7 nitrogen and oxygen atoms in total. The highest BCUT2D eigenvalue weighted by atomic mass is 16.2. The third-order valence-electron chi connectivity index (χ3n) is 4.77. The van der Waals surface area contributed by atoms with Gasteiger partial charge in [0.05, 0.1) is 6.20 Å². The van der Waals surface area contributed by atoms with E-state index in [9.17, 15) is 9.59 Å². The van der Waals surface area contributed by atoms with E-state index in [0.717, 1.165) is 18.4 Å². The molecule has 1 saturated heterocycles. The van der Waals surface area contributed by atoms with Crippen LogP contribution in [0.1, 0.15) is 34.8 Å². The number of likely N-dealkylation sites (N-methyl/N-ethyl adjacent to an activating group) is 1. The fourth-order valence-corrected chi connectivity index (χ4v) is 3.31. The second-order valence-corrected chi connectivity index (χ2v) is 6.61. The summed E-state index contributed by atoms with van der Waals surface area (Å²) in [7, 11) is 3.62. The highest BCUT2D eigenvalue weighted by Gasteiger charge is 2.29. The first kappa shape index (κ1) is 18.1. The van der Waals surface area contributed by atoms with Crippen LogP contribution in [0.4, 0.5) is 0 Å². The van der Waals surface area contributed by atoms with Crippen LogP contribution in [-0.2, 0) is 11.8 Å². The zero-order valence-corrected chi connectivity index (χ0v) is 15.2. The first-order valence-electron chi connectivity index (χ1n) is 8.89. The molecule has 3 rings (SSSR count). The van der Waals surface area contributed by atoms with Crippen molar-refractivity contribution in [3.63, 3.8) is 0 Å². The van der Waals surface area contributed by atoms with Crippen molar-refractivity contribution in [2.45, 2.75) is 24.9 Å². The first-order chi connectivity index (χ1) is 12.6. The molecule has 1 fully saturated rings. The van der Waals surface area contributed by atoms with Gasteiger partial charge >= 0.3 is 0 Å². The maximum atomic E-state index is 12.8. The largest absolute Gasteiger partial charge is 0.349 e. The van der Waals surface area contributed by atoms with Gasteiger partial charge in [-0.05, 0) is 32.0 Å². The van der Waals surface area contributed by atoms with Gasteiger partial charge < -0.3 is 15.5 Å². The lowest BCUT2D eigenvalue weighted by Gasteiger charge is -2.34. The summed E-state index contributed by atoms with van der Waals surface area (Å²) in [6.45, 7) is 1.27. The van der Waals surface area contributed by atoms with Crippen molar-refractivity contribution in [3.05, 3.63) is 53.9 Å². The van der Waals surface area contributed by atoms with Gasteiger partial charge in [-0.15, -0.1) is 0 Å². The molecule has 1 aliphatic heterocycles. The molecule has 1 unspecified atom stereocenters. The van der Waals surface area contributed by atoms with E-state index in [2.05, 4.69) is 15.7 Å². The Bertz CT molecular complexity index is 750. The maximum absolute atomic E-state index is 12.8. The lowest BCUT2D eigenvalue weighted by Crippen LogP contribution is -2.49. The third-order valence-corrected chi connectivity index (χ3v) is 4.77. The van der Waals surface area contributed by atoms with Crippen LogP contribution in [-0.4, -0.2) is 52.7 Å². The number of piperidine rings is 1. The van der Waals surface area contributed by atoms with Crippen LogP contribution in [0.15, 0.2) is 42.7 Å². The number of amides is 2. The van der Waals surface area contributed by atoms with E-state index in [-0.39, 0.29) is 23.9 Å². The number of hydrogen-bond donors (Lipinski definition) is 2. The van der Waals surface area contributed by atoms with E-state index in [1.165, 1.54) is 0 Å². The Morgan fingerprint density at radius 3 is 2.46 bits per heavy atom. The van der Waals surface area contributed by atoms with Crippen LogP contribution in [0.2, 0.25) is 0 Å².